The summed E-state index contributed by atoms with van der Waals surface area (Å²) in [6.07, 6.45) is -0.757. The molecule has 2 heterocycles. The van der Waals surface area contributed by atoms with Gasteiger partial charge in [-0.3, -0.25) is 9.55 Å². The third-order valence-electron chi connectivity index (χ3n) is 13.1. The van der Waals surface area contributed by atoms with Gasteiger partial charge in [-0.25, -0.2) is 4.98 Å². The number of fused-ring (bicyclic) bond motifs is 1. The zero-order valence-electron chi connectivity index (χ0n) is 60.3. The van der Waals surface area contributed by atoms with Crippen molar-refractivity contribution in [2.45, 2.75) is 125 Å². The largest absolute Gasteiger partial charge is 0.507 e. The number of aromatic nitrogens is 3. The molecular formula is C67H71N3O. The normalized spacial score (nSPS) is 16.9. The van der Waals surface area contributed by atoms with Crippen molar-refractivity contribution >= 4 is 11.0 Å². The highest BCUT2D eigenvalue weighted by Crippen LogP contribution is 2.46. The second-order valence-electron chi connectivity index (χ2n) is 21.0. The maximum Gasteiger partial charge on any atom is 0.149 e. The second kappa shape index (κ2) is 18.6. The van der Waals surface area contributed by atoms with Gasteiger partial charge >= 0.3 is 0 Å². The van der Waals surface area contributed by atoms with Gasteiger partial charge in [-0.15, -0.1) is 0 Å². The van der Waals surface area contributed by atoms with Crippen LogP contribution in [0.3, 0.4) is 0 Å². The van der Waals surface area contributed by atoms with Crippen molar-refractivity contribution in [1.29, 1.82) is 0 Å². The Balaban J connectivity index is 1.37. The molecule has 0 atom stereocenters. The third-order valence-corrected chi connectivity index (χ3v) is 13.1. The van der Waals surface area contributed by atoms with E-state index in [-0.39, 0.29) is 39.4 Å². The number of aromatic hydroxyl groups is 1. The number of phenols is 1. The van der Waals surface area contributed by atoms with Gasteiger partial charge in [0.2, 0.25) is 0 Å². The Morgan fingerprint density at radius 2 is 1.24 bits per heavy atom. The third kappa shape index (κ3) is 9.74. The van der Waals surface area contributed by atoms with E-state index in [9.17, 15) is 12.0 Å². The monoisotopic (exact) mass is 952 g/mol. The van der Waals surface area contributed by atoms with Crippen LogP contribution in [0.25, 0.3) is 83.9 Å². The van der Waals surface area contributed by atoms with Gasteiger partial charge in [0.15, 0.2) is 0 Å². The Hall–Kier alpha value is -7.04. The van der Waals surface area contributed by atoms with Crippen molar-refractivity contribution in [3.05, 3.63) is 191 Å². The summed E-state index contributed by atoms with van der Waals surface area (Å²) < 4.78 is 160. The van der Waals surface area contributed by atoms with Crippen LogP contribution in [0.2, 0.25) is 0 Å². The summed E-state index contributed by atoms with van der Waals surface area (Å²) in [6, 6.07) is 30.8. The summed E-state index contributed by atoms with van der Waals surface area (Å²) in [4.78, 5) is 9.94. The lowest BCUT2D eigenvalue weighted by atomic mass is 9.83. The van der Waals surface area contributed by atoms with Gasteiger partial charge in [0, 0.05) is 37.9 Å². The topological polar surface area (TPSA) is 50.9 Å². The molecular weight excluding hydrogens is 863 g/mol. The number of nitrogens with zero attached hydrogens (tertiary/aromatic N) is 3. The average molecular weight is 952 g/mol. The SMILES string of the molecule is [2H]c1nc(-c2cc(-c3cccc4c3nc(-c3cc(C([2H])(C)C)cc(C([2H])(C)C)c3O)n4-c3cc(C)c(-c4ccc(C(C)(C)C)cc4)cc3-c3ccccc3)cc(C(C)(C)C)c2)c([2H])c(-c2c([2H])c([2H])c(C(C([2H])([2H])[2H])(C([2H])([2H])[2H])C([2H])([2H])[2H])c([2H])c2[2H])c1[2H]. The molecule has 0 bridgehead atoms. The molecule has 0 aliphatic heterocycles. The molecule has 71 heavy (non-hydrogen) atoms. The van der Waals surface area contributed by atoms with Crippen molar-refractivity contribution in [2.75, 3.05) is 0 Å². The second-order valence-corrected chi connectivity index (χ2v) is 21.0. The molecule has 0 aliphatic carbocycles. The molecule has 1 N–H and O–H groups in total. The lowest BCUT2D eigenvalue weighted by Crippen LogP contribution is -2.11. The smallest absolute Gasteiger partial charge is 0.149 e. The first-order chi connectivity index (χ1) is 40.8. The van der Waals surface area contributed by atoms with E-state index in [0.29, 0.717) is 39.0 Å². The van der Waals surface area contributed by atoms with E-state index in [1.165, 1.54) is 5.56 Å². The molecule has 7 aromatic carbocycles. The summed E-state index contributed by atoms with van der Waals surface area (Å²) in [5.74, 6) is -2.44. The highest BCUT2D eigenvalue weighted by atomic mass is 16.3. The Morgan fingerprint density at radius 3 is 1.89 bits per heavy atom. The number of imidazole rings is 1. The van der Waals surface area contributed by atoms with Crippen LogP contribution in [0.5, 0.6) is 5.75 Å². The summed E-state index contributed by atoms with van der Waals surface area (Å²) in [5, 5.41) is 12.6. The molecule has 9 aromatic rings. The van der Waals surface area contributed by atoms with Gasteiger partial charge in [0.25, 0.3) is 0 Å². The fraction of sp³-hybridized carbons (Fsp3) is 0.284. The molecule has 0 radical (unpaired) electrons. The fourth-order valence-corrected chi connectivity index (χ4v) is 8.98. The first kappa shape index (κ1) is 31.3. The van der Waals surface area contributed by atoms with Crippen LogP contribution in [0.15, 0.2) is 158 Å². The zero-order valence-corrected chi connectivity index (χ0v) is 42.3. The van der Waals surface area contributed by atoms with Gasteiger partial charge in [0.1, 0.15) is 11.6 Å². The van der Waals surface area contributed by atoms with E-state index < -0.39 is 102 Å². The number of hydrogen-bond acceptors (Lipinski definition) is 3. The van der Waals surface area contributed by atoms with E-state index in [1.807, 2.05) is 86.9 Å². The minimum absolute atomic E-state index is 0.0764. The number of aryl methyl sites for hydroxylation is 1. The van der Waals surface area contributed by atoms with Crippen LogP contribution in [0, 0.1) is 6.92 Å². The minimum atomic E-state index is -3.95. The Labute approximate surface area is 448 Å². The predicted molar refractivity (Wildman–Crippen MR) is 302 cm³/mol. The zero-order chi connectivity index (χ0) is 66.2. The molecule has 0 spiro atoms. The molecule has 0 fully saturated rings. The molecule has 4 nitrogen and oxygen atoms in total. The number of para-hydroxylation sites is 1. The van der Waals surface area contributed by atoms with Crippen LogP contribution in [0.4, 0.5) is 0 Å². The van der Waals surface area contributed by atoms with Crippen molar-refractivity contribution in [2.24, 2.45) is 0 Å². The predicted octanol–water partition coefficient (Wildman–Crippen LogP) is 18.6. The molecule has 9 rings (SSSR count). The Kier molecular flexibility index (Phi) is 8.21. The first-order valence-electron chi connectivity index (χ1n) is 32.8. The maximum atomic E-state index is 12.6. The summed E-state index contributed by atoms with van der Waals surface area (Å²) >= 11 is 0. The minimum Gasteiger partial charge on any atom is -0.507 e. The van der Waals surface area contributed by atoms with Gasteiger partial charge in [-0.1, -0.05) is 193 Å². The molecule has 0 saturated carbocycles. The highest BCUT2D eigenvalue weighted by Gasteiger charge is 2.27. The number of rotatable bonds is 9. The molecule has 4 heteroatoms. The molecule has 0 amide bonds. The van der Waals surface area contributed by atoms with Crippen LogP contribution >= 0.6 is 0 Å². The molecule has 0 saturated heterocycles. The first-order valence-corrected chi connectivity index (χ1v) is 23.8. The lowest BCUT2D eigenvalue weighted by Gasteiger charge is -2.22. The fourth-order valence-electron chi connectivity index (χ4n) is 8.98. The van der Waals surface area contributed by atoms with E-state index in [2.05, 4.69) is 62.2 Å². The van der Waals surface area contributed by atoms with Crippen molar-refractivity contribution in [1.82, 2.24) is 14.5 Å². The van der Waals surface area contributed by atoms with Gasteiger partial charge < -0.3 is 5.11 Å². The van der Waals surface area contributed by atoms with Crippen molar-refractivity contribution < 1.29 is 29.8 Å². The van der Waals surface area contributed by atoms with Crippen molar-refractivity contribution in [3.8, 4) is 78.6 Å². The maximum absolute atomic E-state index is 12.6. The Bertz CT molecular complexity index is 4220. The van der Waals surface area contributed by atoms with Crippen LogP contribution in [-0.4, -0.2) is 19.6 Å². The summed E-state index contributed by atoms with van der Waals surface area (Å²) in [6.45, 7) is 9.41. The number of pyridine rings is 1. The highest BCUT2D eigenvalue weighted by molar-refractivity contribution is 5.98. The molecule has 2 aromatic heterocycles. The summed E-state index contributed by atoms with van der Waals surface area (Å²) in [7, 11) is 0. The quantitative estimate of drug-likeness (QED) is 0.157. The lowest BCUT2D eigenvalue weighted by molar-refractivity contribution is 0.466. The molecule has 0 aliphatic rings. The van der Waals surface area contributed by atoms with E-state index in [0.717, 1.165) is 27.8 Å². The van der Waals surface area contributed by atoms with E-state index in [1.54, 1.807) is 52.0 Å². The van der Waals surface area contributed by atoms with Gasteiger partial charge in [-0.2, -0.15) is 0 Å². The summed E-state index contributed by atoms with van der Waals surface area (Å²) in [5.41, 5.74) is 2.85. The standard InChI is InChI=1S/C67H71N3O/c1-41(2)48-37-55(42(3)4)63(71)58(38-48)64-69-62-54(49-34-50(36-53(35-49)67(12,13)14)59-39-47(31-32-68-59)44-23-27-51(28-24-44)65(6,7)8)21-18-22-60(62)70(64)61-33-43(5)56(40-57(61)45-19-16-15-17-20-45)46-25-29-52(30-26-46)66(9,10)11/h15-42,71H,1-14H3/i6D3,7D3,8D3,23D,24D,27D,28D,31D,32D,39D,41D,42D. The molecule has 0 unspecified atom stereocenters. The van der Waals surface area contributed by atoms with Crippen LogP contribution in [0.1, 0.15) is 160 Å². The van der Waals surface area contributed by atoms with Gasteiger partial charge in [-0.05, 0) is 150 Å². The number of phenolic OH excluding ortho intramolecular Hbond substituents is 1. The van der Waals surface area contributed by atoms with Gasteiger partial charge in [0.05, 0.1) is 37.6 Å². The van der Waals surface area contributed by atoms with E-state index in [4.69, 9.17) is 22.8 Å². The molecule has 360 valence electrons. The number of hydrogen-bond donors (Lipinski definition) is 1. The van der Waals surface area contributed by atoms with Crippen molar-refractivity contribution in [3.63, 3.8) is 0 Å². The van der Waals surface area contributed by atoms with Crippen LogP contribution < -0.4 is 0 Å². The average Bonchev–Trinajstić information content (AvgIpc) is 0.942. The van der Waals surface area contributed by atoms with E-state index >= 15 is 0 Å². The Morgan fingerprint density at radius 1 is 0.563 bits per heavy atom. The van der Waals surface area contributed by atoms with Crippen LogP contribution in [-0.2, 0) is 16.2 Å². The number of benzene rings is 7.